The lowest BCUT2D eigenvalue weighted by Gasteiger charge is -2.01. The highest BCUT2D eigenvalue weighted by Gasteiger charge is 2.15. The van der Waals surface area contributed by atoms with Crippen LogP contribution in [0.25, 0.3) is 0 Å². The summed E-state index contributed by atoms with van der Waals surface area (Å²) in [6.07, 6.45) is 0. The van der Waals surface area contributed by atoms with Gasteiger partial charge in [0.05, 0.1) is 12.7 Å². The predicted molar refractivity (Wildman–Crippen MR) is 39.4 cm³/mol. The minimum Gasteiger partial charge on any atom is -0.505 e. The molecule has 1 N–H and O–H groups in total. The van der Waals surface area contributed by atoms with E-state index in [1.165, 1.54) is 0 Å². The van der Waals surface area contributed by atoms with E-state index in [0.29, 0.717) is 12.1 Å². The van der Waals surface area contributed by atoms with Gasteiger partial charge in [-0.25, -0.2) is 13.6 Å². The van der Waals surface area contributed by atoms with E-state index in [1.54, 1.807) is 0 Å². The van der Waals surface area contributed by atoms with Crippen LogP contribution in [0.1, 0.15) is 10.4 Å². The molecule has 1 aromatic rings. The molecule has 0 aromatic heterocycles. The lowest BCUT2D eigenvalue weighted by Crippen LogP contribution is -2.04. The van der Waals surface area contributed by atoms with Gasteiger partial charge in [0.15, 0.2) is 11.6 Å². The molecule has 0 radical (unpaired) electrons. The van der Waals surface area contributed by atoms with Crippen molar-refractivity contribution in [3.05, 3.63) is 29.3 Å². The number of carbonyl (C=O) groups excluding carboxylic acids is 1. The van der Waals surface area contributed by atoms with Crippen molar-refractivity contribution >= 4 is 5.97 Å². The highest BCUT2D eigenvalue weighted by molar-refractivity contribution is 5.89. The molecule has 0 amide bonds. The van der Waals surface area contributed by atoms with Gasteiger partial charge in [-0.05, 0) is 6.07 Å². The monoisotopic (exact) mass is 188 g/mol. The third kappa shape index (κ3) is 1.74. The zero-order valence-electron chi connectivity index (χ0n) is 6.67. The van der Waals surface area contributed by atoms with E-state index < -0.39 is 28.9 Å². The molecule has 0 saturated heterocycles. The highest BCUT2D eigenvalue weighted by Crippen LogP contribution is 2.20. The summed E-state index contributed by atoms with van der Waals surface area (Å²) in [6, 6.07) is 1.10. The van der Waals surface area contributed by atoms with Crippen molar-refractivity contribution in [2.75, 3.05) is 7.11 Å². The van der Waals surface area contributed by atoms with Gasteiger partial charge >= 0.3 is 5.97 Å². The standard InChI is InChI=1S/C8H6F2O3/c1-13-8(12)4-2-6(10)7(11)3-5(4)9/h2-3,11H,1H3. The van der Waals surface area contributed by atoms with Gasteiger partial charge in [-0.2, -0.15) is 0 Å². The van der Waals surface area contributed by atoms with E-state index in [0.717, 1.165) is 7.11 Å². The van der Waals surface area contributed by atoms with Crippen molar-refractivity contribution in [3.8, 4) is 5.75 Å². The third-order valence-corrected chi connectivity index (χ3v) is 1.44. The number of rotatable bonds is 1. The van der Waals surface area contributed by atoms with Crippen LogP contribution >= 0.6 is 0 Å². The van der Waals surface area contributed by atoms with Crippen LogP contribution in [-0.4, -0.2) is 18.2 Å². The van der Waals surface area contributed by atoms with Gasteiger partial charge in [0.1, 0.15) is 5.82 Å². The number of carbonyl (C=O) groups is 1. The Kier molecular flexibility index (Phi) is 2.46. The summed E-state index contributed by atoms with van der Waals surface area (Å²) in [5.74, 6) is -3.92. The Labute approximate surface area is 72.6 Å². The quantitative estimate of drug-likeness (QED) is 0.678. The van der Waals surface area contributed by atoms with Crippen LogP contribution in [0, 0.1) is 11.6 Å². The molecule has 0 fully saturated rings. The molecule has 13 heavy (non-hydrogen) atoms. The number of benzene rings is 1. The van der Waals surface area contributed by atoms with E-state index >= 15 is 0 Å². The molecule has 5 heteroatoms. The number of phenolic OH excluding ortho intramolecular Hbond substituents is 1. The number of esters is 1. The summed E-state index contributed by atoms with van der Waals surface area (Å²) < 4.78 is 29.7. The van der Waals surface area contributed by atoms with Gasteiger partial charge in [-0.3, -0.25) is 0 Å². The van der Waals surface area contributed by atoms with Crippen LogP contribution in [0.5, 0.6) is 5.75 Å². The Morgan fingerprint density at radius 1 is 1.38 bits per heavy atom. The Morgan fingerprint density at radius 2 is 2.00 bits per heavy atom. The Hall–Kier alpha value is -1.65. The zero-order valence-corrected chi connectivity index (χ0v) is 6.67. The number of hydrogen-bond acceptors (Lipinski definition) is 3. The third-order valence-electron chi connectivity index (χ3n) is 1.44. The molecular weight excluding hydrogens is 182 g/mol. The summed E-state index contributed by atoms with van der Waals surface area (Å²) >= 11 is 0. The summed E-state index contributed by atoms with van der Waals surface area (Å²) in [5.41, 5.74) is -0.544. The van der Waals surface area contributed by atoms with Crippen LogP contribution < -0.4 is 0 Å². The largest absolute Gasteiger partial charge is 0.505 e. The lowest BCUT2D eigenvalue weighted by atomic mass is 10.2. The maximum absolute atomic E-state index is 12.8. The first-order chi connectivity index (χ1) is 6.06. The second kappa shape index (κ2) is 3.38. The van der Waals surface area contributed by atoms with E-state index in [1.807, 2.05) is 0 Å². The Balaban J connectivity index is 3.23. The van der Waals surface area contributed by atoms with Crippen LogP contribution in [-0.2, 0) is 4.74 Å². The topological polar surface area (TPSA) is 46.5 Å². The van der Waals surface area contributed by atoms with Gasteiger partial charge in [0.25, 0.3) is 0 Å². The molecule has 0 atom stereocenters. The van der Waals surface area contributed by atoms with E-state index in [2.05, 4.69) is 4.74 Å². The molecule has 0 aliphatic rings. The summed E-state index contributed by atoms with van der Waals surface area (Å²) in [7, 11) is 1.05. The summed E-state index contributed by atoms with van der Waals surface area (Å²) in [4.78, 5) is 10.8. The van der Waals surface area contributed by atoms with Crippen LogP contribution in [0.2, 0.25) is 0 Å². The number of methoxy groups -OCH3 is 1. The average molecular weight is 188 g/mol. The van der Waals surface area contributed by atoms with E-state index in [4.69, 9.17) is 5.11 Å². The van der Waals surface area contributed by atoms with Gasteiger partial charge in [0, 0.05) is 6.07 Å². The fourth-order valence-corrected chi connectivity index (χ4v) is 0.803. The Morgan fingerprint density at radius 3 is 2.54 bits per heavy atom. The minimum atomic E-state index is -1.07. The molecule has 1 rings (SSSR count). The molecule has 0 unspecified atom stereocenters. The van der Waals surface area contributed by atoms with Crippen LogP contribution in [0.15, 0.2) is 12.1 Å². The lowest BCUT2D eigenvalue weighted by molar-refractivity contribution is 0.0595. The molecule has 0 spiro atoms. The molecule has 0 aliphatic carbocycles. The highest BCUT2D eigenvalue weighted by atomic mass is 19.1. The van der Waals surface area contributed by atoms with Gasteiger partial charge in [-0.1, -0.05) is 0 Å². The minimum absolute atomic E-state index is 0.515. The Bertz CT molecular complexity index is 349. The maximum atomic E-state index is 12.8. The molecular formula is C8H6F2O3. The van der Waals surface area contributed by atoms with Crippen LogP contribution in [0.3, 0.4) is 0 Å². The smallest absolute Gasteiger partial charge is 0.340 e. The van der Waals surface area contributed by atoms with E-state index in [-0.39, 0.29) is 0 Å². The maximum Gasteiger partial charge on any atom is 0.340 e. The first-order valence-electron chi connectivity index (χ1n) is 3.32. The molecule has 0 heterocycles. The molecule has 0 saturated carbocycles. The normalized spacial score (nSPS) is 9.77. The summed E-state index contributed by atoms with van der Waals surface area (Å²) in [5, 5.41) is 8.71. The van der Waals surface area contributed by atoms with Gasteiger partial charge in [0.2, 0.25) is 0 Å². The molecule has 0 bridgehead atoms. The fraction of sp³-hybridized carbons (Fsp3) is 0.125. The number of halogens is 2. The predicted octanol–water partition coefficient (Wildman–Crippen LogP) is 1.46. The van der Waals surface area contributed by atoms with Crippen molar-refractivity contribution in [3.63, 3.8) is 0 Å². The van der Waals surface area contributed by atoms with Crippen molar-refractivity contribution < 1.29 is 23.4 Å². The second-order valence-corrected chi connectivity index (χ2v) is 2.28. The van der Waals surface area contributed by atoms with Gasteiger partial charge < -0.3 is 9.84 Å². The van der Waals surface area contributed by atoms with Gasteiger partial charge in [-0.15, -0.1) is 0 Å². The summed E-state index contributed by atoms with van der Waals surface area (Å²) in [6.45, 7) is 0. The first-order valence-corrected chi connectivity index (χ1v) is 3.32. The SMILES string of the molecule is COC(=O)c1cc(F)c(O)cc1F. The first kappa shape index (κ1) is 9.44. The van der Waals surface area contributed by atoms with E-state index in [9.17, 15) is 13.6 Å². The molecule has 3 nitrogen and oxygen atoms in total. The fourth-order valence-electron chi connectivity index (χ4n) is 0.803. The average Bonchev–Trinajstić information content (AvgIpc) is 2.10. The molecule has 70 valence electrons. The number of hydrogen-bond donors (Lipinski definition) is 1. The zero-order chi connectivity index (χ0) is 10.0. The second-order valence-electron chi connectivity index (χ2n) is 2.28. The van der Waals surface area contributed by atoms with Crippen molar-refractivity contribution in [2.24, 2.45) is 0 Å². The van der Waals surface area contributed by atoms with Crippen molar-refractivity contribution in [2.45, 2.75) is 0 Å². The van der Waals surface area contributed by atoms with Crippen molar-refractivity contribution in [1.82, 2.24) is 0 Å². The van der Waals surface area contributed by atoms with Crippen LogP contribution in [0.4, 0.5) is 8.78 Å². The molecule has 0 aliphatic heterocycles. The molecule has 1 aromatic carbocycles. The number of ether oxygens (including phenoxy) is 1. The van der Waals surface area contributed by atoms with Crippen molar-refractivity contribution in [1.29, 1.82) is 0 Å². The number of aromatic hydroxyl groups is 1. The number of phenols is 1.